The number of amides is 1. The summed E-state index contributed by atoms with van der Waals surface area (Å²) in [4.78, 5) is 14.7. The molecule has 0 fully saturated rings. The lowest BCUT2D eigenvalue weighted by atomic mass is 10.2. The third kappa shape index (κ3) is 3.95. The Bertz CT molecular complexity index is 408. The summed E-state index contributed by atoms with van der Waals surface area (Å²) in [5, 5.41) is 0. The molecular formula is C10H10BrN3O. The quantitative estimate of drug-likeness (QED) is 0.480. The fraction of sp³-hybridized carbons (Fsp3) is 0. The van der Waals surface area contributed by atoms with Crippen LogP contribution in [0.2, 0.25) is 0 Å². The SMILES string of the molecule is NC(N)=NC(=O)C(Br)=Cc1ccccc1. The molecular weight excluding hydrogens is 258 g/mol. The maximum atomic E-state index is 11.3. The number of hydrogen-bond acceptors (Lipinski definition) is 1. The van der Waals surface area contributed by atoms with Gasteiger partial charge in [0.05, 0.1) is 4.48 Å². The van der Waals surface area contributed by atoms with Crippen LogP contribution in [0.25, 0.3) is 6.08 Å². The summed E-state index contributed by atoms with van der Waals surface area (Å²) in [6.45, 7) is 0. The molecule has 0 radical (unpaired) electrons. The molecule has 0 aliphatic rings. The van der Waals surface area contributed by atoms with Crippen LogP contribution in [0.4, 0.5) is 0 Å². The molecule has 4 nitrogen and oxygen atoms in total. The topological polar surface area (TPSA) is 81.5 Å². The van der Waals surface area contributed by atoms with Gasteiger partial charge in [-0.25, -0.2) is 0 Å². The second kappa shape index (κ2) is 5.31. The molecule has 0 aliphatic heterocycles. The first-order valence-electron chi connectivity index (χ1n) is 4.16. The minimum atomic E-state index is -0.501. The number of carbonyl (C=O) groups is 1. The average Bonchev–Trinajstić information content (AvgIpc) is 2.18. The van der Waals surface area contributed by atoms with Crippen molar-refractivity contribution in [2.24, 2.45) is 16.5 Å². The summed E-state index contributed by atoms with van der Waals surface area (Å²) in [7, 11) is 0. The van der Waals surface area contributed by atoms with E-state index in [0.29, 0.717) is 4.48 Å². The lowest BCUT2D eigenvalue weighted by molar-refractivity contribution is -0.113. The van der Waals surface area contributed by atoms with E-state index in [1.54, 1.807) is 6.08 Å². The molecule has 0 saturated heterocycles. The highest BCUT2D eigenvalue weighted by molar-refractivity contribution is 9.12. The summed E-state index contributed by atoms with van der Waals surface area (Å²) >= 11 is 3.10. The van der Waals surface area contributed by atoms with Gasteiger partial charge in [0, 0.05) is 0 Å². The van der Waals surface area contributed by atoms with E-state index in [9.17, 15) is 4.79 Å². The summed E-state index contributed by atoms with van der Waals surface area (Å²) < 4.78 is 0.308. The smallest absolute Gasteiger partial charge is 0.287 e. The van der Waals surface area contributed by atoms with E-state index >= 15 is 0 Å². The monoisotopic (exact) mass is 267 g/mol. The van der Waals surface area contributed by atoms with Gasteiger partial charge in [-0.2, -0.15) is 4.99 Å². The van der Waals surface area contributed by atoms with E-state index in [-0.39, 0.29) is 5.96 Å². The second-order valence-electron chi connectivity index (χ2n) is 2.74. The van der Waals surface area contributed by atoms with E-state index in [1.807, 2.05) is 30.3 Å². The highest BCUT2D eigenvalue weighted by Crippen LogP contribution is 2.13. The van der Waals surface area contributed by atoms with Crippen LogP contribution in [0.3, 0.4) is 0 Å². The second-order valence-corrected chi connectivity index (χ2v) is 3.60. The average molecular weight is 268 g/mol. The van der Waals surface area contributed by atoms with Gasteiger partial charge in [-0.3, -0.25) is 4.79 Å². The van der Waals surface area contributed by atoms with Gasteiger partial charge in [0.2, 0.25) is 0 Å². The first-order chi connectivity index (χ1) is 7.09. The van der Waals surface area contributed by atoms with Crippen molar-refractivity contribution in [3.05, 3.63) is 40.4 Å². The van der Waals surface area contributed by atoms with Crippen molar-refractivity contribution in [1.82, 2.24) is 0 Å². The first kappa shape index (κ1) is 11.5. The van der Waals surface area contributed by atoms with Gasteiger partial charge in [-0.1, -0.05) is 30.3 Å². The van der Waals surface area contributed by atoms with Gasteiger partial charge in [0.1, 0.15) is 0 Å². The predicted molar refractivity (Wildman–Crippen MR) is 64.2 cm³/mol. The fourth-order valence-electron chi connectivity index (χ4n) is 0.928. The number of hydrogen-bond donors (Lipinski definition) is 2. The Labute approximate surface area is 95.8 Å². The maximum Gasteiger partial charge on any atom is 0.287 e. The van der Waals surface area contributed by atoms with Crippen LogP contribution in [0.1, 0.15) is 5.56 Å². The zero-order chi connectivity index (χ0) is 11.3. The number of rotatable bonds is 2. The number of benzene rings is 1. The molecule has 15 heavy (non-hydrogen) atoms. The van der Waals surface area contributed by atoms with Crippen molar-refractivity contribution in [3.8, 4) is 0 Å². The van der Waals surface area contributed by atoms with E-state index in [2.05, 4.69) is 20.9 Å². The standard InChI is InChI=1S/C10H10BrN3O/c11-8(9(15)14-10(12)13)6-7-4-2-1-3-5-7/h1-6H,(H4,12,13,14,15). The number of nitrogens with zero attached hydrogens (tertiary/aromatic N) is 1. The van der Waals surface area contributed by atoms with Crippen molar-refractivity contribution in [1.29, 1.82) is 0 Å². The Balaban J connectivity index is 2.86. The number of nitrogens with two attached hydrogens (primary N) is 2. The van der Waals surface area contributed by atoms with Crippen molar-refractivity contribution >= 4 is 33.9 Å². The Morgan fingerprint density at radius 3 is 2.40 bits per heavy atom. The molecule has 0 unspecified atom stereocenters. The van der Waals surface area contributed by atoms with Crippen molar-refractivity contribution in [2.75, 3.05) is 0 Å². The lowest BCUT2D eigenvalue weighted by Crippen LogP contribution is -2.24. The molecule has 5 heteroatoms. The zero-order valence-electron chi connectivity index (χ0n) is 7.85. The van der Waals surface area contributed by atoms with Crippen molar-refractivity contribution in [3.63, 3.8) is 0 Å². The van der Waals surface area contributed by atoms with Crippen LogP contribution in [-0.4, -0.2) is 11.9 Å². The molecule has 78 valence electrons. The van der Waals surface area contributed by atoms with Gasteiger partial charge < -0.3 is 11.5 Å². The van der Waals surface area contributed by atoms with Gasteiger partial charge >= 0.3 is 0 Å². The van der Waals surface area contributed by atoms with Crippen LogP contribution in [0.15, 0.2) is 39.8 Å². The number of carbonyl (C=O) groups excluding carboxylic acids is 1. The summed E-state index contributed by atoms with van der Waals surface area (Å²) in [5.41, 5.74) is 11.1. The lowest BCUT2D eigenvalue weighted by Gasteiger charge is -1.95. The Morgan fingerprint density at radius 2 is 1.87 bits per heavy atom. The minimum absolute atomic E-state index is 0.251. The van der Waals surface area contributed by atoms with Crippen LogP contribution in [0, 0.1) is 0 Å². The summed E-state index contributed by atoms with van der Waals surface area (Å²) in [5.74, 6) is -0.753. The van der Waals surface area contributed by atoms with Crippen LogP contribution < -0.4 is 11.5 Å². The zero-order valence-corrected chi connectivity index (χ0v) is 9.44. The fourth-order valence-corrected chi connectivity index (χ4v) is 1.28. The van der Waals surface area contributed by atoms with Gasteiger partial charge in [-0.05, 0) is 27.6 Å². The van der Waals surface area contributed by atoms with Crippen molar-refractivity contribution < 1.29 is 4.79 Å². The molecule has 0 bridgehead atoms. The molecule has 0 saturated carbocycles. The Hall–Kier alpha value is -1.62. The molecule has 0 aliphatic carbocycles. The molecule has 1 aromatic carbocycles. The summed E-state index contributed by atoms with van der Waals surface area (Å²) in [6, 6.07) is 9.37. The van der Waals surface area contributed by atoms with Gasteiger partial charge in [-0.15, -0.1) is 0 Å². The molecule has 1 rings (SSSR count). The molecule has 0 atom stereocenters. The van der Waals surface area contributed by atoms with Gasteiger partial charge in [0.15, 0.2) is 5.96 Å². The number of halogens is 1. The van der Waals surface area contributed by atoms with Crippen LogP contribution in [0.5, 0.6) is 0 Å². The normalized spacial score (nSPS) is 10.9. The molecule has 1 amide bonds. The van der Waals surface area contributed by atoms with Crippen LogP contribution >= 0.6 is 15.9 Å². The Morgan fingerprint density at radius 1 is 1.27 bits per heavy atom. The van der Waals surface area contributed by atoms with E-state index in [4.69, 9.17) is 11.5 Å². The Kier molecular flexibility index (Phi) is 4.05. The minimum Gasteiger partial charge on any atom is -0.370 e. The predicted octanol–water partition coefficient (Wildman–Crippen LogP) is 1.22. The number of guanidine groups is 1. The third-order valence-corrected chi connectivity index (χ3v) is 2.10. The molecule has 0 spiro atoms. The number of aliphatic imine (C=N–C) groups is 1. The van der Waals surface area contributed by atoms with E-state index in [1.165, 1.54) is 0 Å². The summed E-state index contributed by atoms with van der Waals surface area (Å²) in [6.07, 6.45) is 1.65. The molecule has 0 heterocycles. The third-order valence-electron chi connectivity index (χ3n) is 1.53. The van der Waals surface area contributed by atoms with Crippen LogP contribution in [-0.2, 0) is 4.79 Å². The molecule has 0 aromatic heterocycles. The van der Waals surface area contributed by atoms with Crippen molar-refractivity contribution in [2.45, 2.75) is 0 Å². The molecule has 1 aromatic rings. The highest BCUT2D eigenvalue weighted by atomic mass is 79.9. The molecule has 4 N–H and O–H groups in total. The van der Waals surface area contributed by atoms with Gasteiger partial charge in [0.25, 0.3) is 5.91 Å². The van der Waals surface area contributed by atoms with E-state index in [0.717, 1.165) is 5.56 Å². The largest absolute Gasteiger partial charge is 0.370 e. The highest BCUT2D eigenvalue weighted by Gasteiger charge is 2.04. The maximum absolute atomic E-state index is 11.3. The van der Waals surface area contributed by atoms with E-state index < -0.39 is 5.91 Å². The first-order valence-corrected chi connectivity index (χ1v) is 4.95.